The molecule has 4 nitrogen and oxygen atoms in total. The Kier molecular flexibility index (Phi) is 3.05. The van der Waals surface area contributed by atoms with Crippen LogP contribution in [-0.2, 0) is 6.54 Å². The van der Waals surface area contributed by atoms with E-state index in [2.05, 4.69) is 49.3 Å². The van der Waals surface area contributed by atoms with Gasteiger partial charge in [0, 0.05) is 12.1 Å². The second-order valence-corrected chi connectivity index (χ2v) is 5.28. The van der Waals surface area contributed by atoms with E-state index in [0.717, 1.165) is 29.9 Å². The van der Waals surface area contributed by atoms with E-state index >= 15 is 0 Å². The molecule has 2 aromatic heterocycles. The smallest absolute Gasteiger partial charge is 0.178 e. The maximum Gasteiger partial charge on any atom is 0.178 e. The largest absolute Gasteiger partial charge is 0.365 e. The first-order chi connectivity index (χ1) is 7.99. The normalized spacial score (nSPS) is 12.0. The van der Waals surface area contributed by atoms with Gasteiger partial charge in [-0.15, -0.1) is 0 Å². The Labute approximate surface area is 102 Å². The summed E-state index contributed by atoms with van der Waals surface area (Å²) in [4.78, 5) is 8.82. The molecular formula is C13H19N4. The number of aromatic nitrogens is 3. The van der Waals surface area contributed by atoms with Gasteiger partial charge in [-0.3, -0.25) is 0 Å². The van der Waals surface area contributed by atoms with Crippen LogP contribution in [0.5, 0.6) is 0 Å². The van der Waals surface area contributed by atoms with Gasteiger partial charge in [0.05, 0.1) is 0 Å². The first kappa shape index (κ1) is 11.9. The molecule has 2 aromatic rings. The second-order valence-electron chi connectivity index (χ2n) is 5.28. The molecule has 1 radical (unpaired) electrons. The van der Waals surface area contributed by atoms with Gasteiger partial charge in [0.15, 0.2) is 12.0 Å². The van der Waals surface area contributed by atoms with Crippen LogP contribution >= 0.6 is 0 Å². The average molecular weight is 231 g/mol. The molecule has 0 spiro atoms. The summed E-state index contributed by atoms with van der Waals surface area (Å²) in [5.41, 5.74) is 1.82. The van der Waals surface area contributed by atoms with E-state index < -0.39 is 0 Å². The summed E-state index contributed by atoms with van der Waals surface area (Å²) in [5, 5.41) is 3.37. The van der Waals surface area contributed by atoms with Crippen LogP contribution < -0.4 is 5.32 Å². The van der Waals surface area contributed by atoms with E-state index in [1.807, 2.05) is 16.7 Å². The molecule has 0 aliphatic carbocycles. The SMILES string of the molecule is CCCn1[c]nc2ccc(NC(C)(C)C)nc21. The fraction of sp³-hybridized carbons (Fsp3) is 0.538. The van der Waals surface area contributed by atoms with E-state index in [0.29, 0.717) is 0 Å². The van der Waals surface area contributed by atoms with Gasteiger partial charge in [0.25, 0.3) is 0 Å². The number of nitrogens with zero attached hydrogens (tertiary/aromatic N) is 3. The zero-order chi connectivity index (χ0) is 12.5. The number of hydrogen-bond acceptors (Lipinski definition) is 3. The lowest BCUT2D eigenvalue weighted by Gasteiger charge is -2.21. The molecule has 0 atom stereocenters. The summed E-state index contributed by atoms with van der Waals surface area (Å²) in [6.45, 7) is 9.40. The van der Waals surface area contributed by atoms with Crippen LogP contribution in [-0.4, -0.2) is 20.1 Å². The summed E-state index contributed by atoms with van der Waals surface area (Å²) < 4.78 is 1.98. The maximum atomic E-state index is 4.60. The van der Waals surface area contributed by atoms with Gasteiger partial charge in [0.2, 0.25) is 0 Å². The average Bonchev–Trinajstić information content (AvgIpc) is 2.59. The molecule has 4 heteroatoms. The summed E-state index contributed by atoms with van der Waals surface area (Å²) >= 11 is 0. The third kappa shape index (κ3) is 2.75. The van der Waals surface area contributed by atoms with Crippen molar-refractivity contribution in [3.8, 4) is 0 Å². The highest BCUT2D eigenvalue weighted by Gasteiger charge is 2.11. The first-order valence-corrected chi connectivity index (χ1v) is 6.03. The van der Waals surface area contributed by atoms with Crippen LogP contribution in [0.25, 0.3) is 11.2 Å². The molecule has 0 bridgehead atoms. The third-order valence-corrected chi connectivity index (χ3v) is 2.35. The van der Waals surface area contributed by atoms with Crippen molar-refractivity contribution in [3.05, 3.63) is 18.5 Å². The summed E-state index contributed by atoms with van der Waals surface area (Å²) in [6, 6.07) is 3.95. The lowest BCUT2D eigenvalue weighted by atomic mass is 10.1. The molecular weight excluding hydrogens is 212 g/mol. The Balaban J connectivity index is 2.37. The number of hydrogen-bond donors (Lipinski definition) is 1. The van der Waals surface area contributed by atoms with Crippen molar-refractivity contribution in [3.63, 3.8) is 0 Å². The Morgan fingerprint density at radius 1 is 1.35 bits per heavy atom. The van der Waals surface area contributed by atoms with Gasteiger partial charge in [-0.2, -0.15) is 0 Å². The first-order valence-electron chi connectivity index (χ1n) is 6.03. The van der Waals surface area contributed by atoms with Gasteiger partial charge in [-0.1, -0.05) is 6.92 Å². The van der Waals surface area contributed by atoms with Crippen molar-refractivity contribution in [1.82, 2.24) is 14.5 Å². The van der Waals surface area contributed by atoms with Crippen LogP contribution in [0.15, 0.2) is 12.1 Å². The zero-order valence-electron chi connectivity index (χ0n) is 10.9. The molecule has 0 aliphatic rings. The Morgan fingerprint density at radius 2 is 2.12 bits per heavy atom. The fourth-order valence-electron chi connectivity index (χ4n) is 1.72. The topological polar surface area (TPSA) is 42.7 Å². The van der Waals surface area contributed by atoms with E-state index in [-0.39, 0.29) is 5.54 Å². The quantitative estimate of drug-likeness (QED) is 0.883. The molecule has 0 aliphatic heterocycles. The van der Waals surface area contributed by atoms with E-state index in [9.17, 15) is 0 Å². The number of fused-ring (bicyclic) bond motifs is 1. The molecule has 2 heterocycles. The zero-order valence-corrected chi connectivity index (χ0v) is 10.9. The number of pyridine rings is 1. The van der Waals surface area contributed by atoms with Crippen LogP contribution in [0.2, 0.25) is 0 Å². The Hall–Kier alpha value is -1.58. The lowest BCUT2D eigenvalue weighted by molar-refractivity contribution is 0.630. The predicted octanol–water partition coefficient (Wildman–Crippen LogP) is 2.85. The van der Waals surface area contributed by atoms with Crippen LogP contribution in [0, 0.1) is 6.33 Å². The van der Waals surface area contributed by atoms with Gasteiger partial charge < -0.3 is 9.88 Å². The molecule has 0 saturated carbocycles. The van der Waals surface area contributed by atoms with E-state index in [1.54, 1.807) is 0 Å². The molecule has 0 aromatic carbocycles. The van der Waals surface area contributed by atoms with E-state index in [1.165, 1.54) is 0 Å². The highest BCUT2D eigenvalue weighted by atomic mass is 15.1. The van der Waals surface area contributed by atoms with Crippen LogP contribution in [0.3, 0.4) is 0 Å². The molecule has 0 amide bonds. The molecule has 17 heavy (non-hydrogen) atoms. The molecule has 91 valence electrons. The summed E-state index contributed by atoms with van der Waals surface area (Å²) in [6.07, 6.45) is 4.04. The highest BCUT2D eigenvalue weighted by Crippen LogP contribution is 2.17. The van der Waals surface area contributed by atoms with Crippen LogP contribution in [0.1, 0.15) is 34.1 Å². The minimum Gasteiger partial charge on any atom is -0.365 e. The van der Waals surface area contributed by atoms with Gasteiger partial charge >= 0.3 is 0 Å². The third-order valence-electron chi connectivity index (χ3n) is 2.35. The number of aryl methyl sites for hydroxylation is 1. The van der Waals surface area contributed by atoms with E-state index in [4.69, 9.17) is 0 Å². The predicted molar refractivity (Wildman–Crippen MR) is 70.0 cm³/mol. The molecule has 1 N–H and O–H groups in total. The maximum absolute atomic E-state index is 4.60. The van der Waals surface area contributed by atoms with Crippen LogP contribution in [0.4, 0.5) is 5.82 Å². The summed E-state index contributed by atoms with van der Waals surface area (Å²) in [7, 11) is 0. The van der Waals surface area contributed by atoms with Crippen molar-refractivity contribution >= 4 is 17.0 Å². The monoisotopic (exact) mass is 231 g/mol. The van der Waals surface area contributed by atoms with Crippen molar-refractivity contribution in [1.29, 1.82) is 0 Å². The van der Waals surface area contributed by atoms with Gasteiger partial charge in [-0.05, 0) is 39.3 Å². The Bertz CT molecular complexity index is 508. The molecule has 2 rings (SSSR count). The van der Waals surface area contributed by atoms with Crippen molar-refractivity contribution in [2.45, 2.75) is 46.2 Å². The molecule has 0 unspecified atom stereocenters. The highest BCUT2D eigenvalue weighted by molar-refractivity contribution is 5.73. The second kappa shape index (κ2) is 4.35. The number of rotatable bonds is 3. The van der Waals surface area contributed by atoms with Crippen molar-refractivity contribution in [2.24, 2.45) is 0 Å². The number of nitrogens with one attached hydrogen (secondary N) is 1. The van der Waals surface area contributed by atoms with Gasteiger partial charge in [0.1, 0.15) is 11.3 Å². The fourth-order valence-corrected chi connectivity index (χ4v) is 1.72. The molecule has 0 fully saturated rings. The summed E-state index contributed by atoms with van der Waals surface area (Å²) in [5.74, 6) is 0.885. The van der Waals surface area contributed by atoms with Gasteiger partial charge in [-0.25, -0.2) is 9.97 Å². The number of anilines is 1. The Morgan fingerprint density at radius 3 is 2.76 bits per heavy atom. The van der Waals surface area contributed by atoms with Crippen molar-refractivity contribution in [2.75, 3.05) is 5.32 Å². The van der Waals surface area contributed by atoms with Crippen molar-refractivity contribution < 1.29 is 0 Å². The lowest BCUT2D eigenvalue weighted by Crippen LogP contribution is -2.26. The minimum atomic E-state index is 0.0139. The standard InChI is InChI=1S/C13H19N4/c1-5-8-17-9-14-10-6-7-11(15-12(10)17)16-13(2,3)4/h6-7H,5,8H2,1-4H3,(H,15,16). The molecule has 0 saturated heterocycles. The minimum absolute atomic E-state index is 0.0139. The number of imidazole rings is 1.